The van der Waals surface area contributed by atoms with Crippen LogP contribution in [0.25, 0.3) is 21.3 Å². The van der Waals surface area contributed by atoms with Gasteiger partial charge in [0.1, 0.15) is 16.5 Å². The summed E-state index contributed by atoms with van der Waals surface area (Å²) in [6.45, 7) is 8.68. The number of aliphatic hydroxyl groups is 1. The molecule has 8 heteroatoms. The van der Waals surface area contributed by atoms with Crippen molar-refractivity contribution in [3.63, 3.8) is 0 Å². The summed E-state index contributed by atoms with van der Waals surface area (Å²) in [7, 11) is 0. The average molecular weight is 448 g/mol. The van der Waals surface area contributed by atoms with Crippen molar-refractivity contribution in [1.29, 1.82) is 0 Å². The molecule has 6 nitrogen and oxygen atoms in total. The minimum absolute atomic E-state index is 0.276. The number of aromatic amines is 1. The smallest absolute Gasteiger partial charge is 0.260 e. The first-order valence-corrected chi connectivity index (χ1v) is 11.5. The van der Waals surface area contributed by atoms with E-state index in [2.05, 4.69) is 35.6 Å². The number of benzene rings is 1. The maximum Gasteiger partial charge on any atom is 0.260 e. The topological polar surface area (TPSA) is 78.5 Å². The van der Waals surface area contributed by atoms with E-state index in [-0.39, 0.29) is 18.0 Å². The van der Waals surface area contributed by atoms with E-state index in [4.69, 9.17) is 4.74 Å². The zero-order valence-corrected chi connectivity index (χ0v) is 19.0. The van der Waals surface area contributed by atoms with E-state index < -0.39 is 6.10 Å². The van der Waals surface area contributed by atoms with Crippen molar-refractivity contribution >= 4 is 21.6 Å². The minimum Gasteiger partial charge on any atom is -0.389 e. The summed E-state index contributed by atoms with van der Waals surface area (Å²) < 4.78 is 19.8. The molecule has 0 spiro atoms. The molecule has 0 bridgehead atoms. The monoisotopic (exact) mass is 447 g/mol. The van der Waals surface area contributed by atoms with Crippen molar-refractivity contribution in [2.45, 2.75) is 39.8 Å². The largest absolute Gasteiger partial charge is 0.389 e. The van der Waals surface area contributed by atoms with E-state index in [0.29, 0.717) is 52.8 Å². The van der Waals surface area contributed by atoms with Crippen molar-refractivity contribution in [2.75, 3.05) is 26.3 Å². The van der Waals surface area contributed by atoms with Crippen LogP contribution in [0.3, 0.4) is 0 Å². The van der Waals surface area contributed by atoms with Gasteiger partial charge in [0.05, 0.1) is 24.6 Å². The molecule has 0 radical (unpaired) electrons. The fourth-order valence-corrected chi connectivity index (χ4v) is 4.46. The van der Waals surface area contributed by atoms with E-state index in [1.165, 1.54) is 17.4 Å². The molecule has 0 aliphatic rings. The molecule has 2 N–H and O–H groups in total. The number of aliphatic hydroxyl groups excluding tert-OH is 1. The van der Waals surface area contributed by atoms with Crippen molar-refractivity contribution in [3.8, 4) is 11.1 Å². The quantitative estimate of drug-likeness (QED) is 0.464. The lowest BCUT2D eigenvalue weighted by atomic mass is 10.1. The van der Waals surface area contributed by atoms with Gasteiger partial charge in [0.15, 0.2) is 0 Å². The maximum atomic E-state index is 14.2. The molecule has 1 aromatic carbocycles. The van der Waals surface area contributed by atoms with Gasteiger partial charge < -0.3 is 14.8 Å². The number of halogens is 1. The van der Waals surface area contributed by atoms with E-state index in [1.807, 2.05) is 0 Å². The van der Waals surface area contributed by atoms with Crippen molar-refractivity contribution in [1.82, 2.24) is 14.9 Å². The highest BCUT2D eigenvalue weighted by atomic mass is 32.1. The van der Waals surface area contributed by atoms with Gasteiger partial charge in [0.25, 0.3) is 5.56 Å². The second-order valence-electron chi connectivity index (χ2n) is 8.14. The normalized spacial score (nSPS) is 12.9. The second-order valence-corrected chi connectivity index (χ2v) is 9.00. The first kappa shape index (κ1) is 23.5. The molecular weight excluding hydrogens is 417 g/mol. The number of rotatable bonds is 11. The Bertz CT molecular complexity index is 1050. The maximum absolute atomic E-state index is 14.2. The van der Waals surface area contributed by atoms with Crippen LogP contribution in [-0.4, -0.2) is 52.4 Å². The van der Waals surface area contributed by atoms with Crippen molar-refractivity contribution in [3.05, 3.63) is 51.6 Å². The lowest BCUT2D eigenvalue weighted by Crippen LogP contribution is -2.36. The summed E-state index contributed by atoms with van der Waals surface area (Å²) in [5.74, 6) is 0.580. The Hall–Kier alpha value is -2.13. The number of hydrogen-bond acceptors (Lipinski definition) is 6. The van der Waals surface area contributed by atoms with Crippen molar-refractivity contribution in [2.24, 2.45) is 5.92 Å². The van der Waals surface area contributed by atoms with E-state index in [9.17, 15) is 14.3 Å². The third kappa shape index (κ3) is 6.20. The summed E-state index contributed by atoms with van der Waals surface area (Å²) in [6.07, 6.45) is 0.290. The Balaban J connectivity index is 1.77. The fraction of sp³-hybridized carbons (Fsp3) is 0.478. The molecule has 168 valence electrons. The van der Waals surface area contributed by atoms with Gasteiger partial charge in [0, 0.05) is 29.7 Å². The second kappa shape index (κ2) is 10.9. The Morgan fingerprint density at radius 3 is 2.74 bits per heavy atom. The SMILES string of the molecule is CCCN(Cc1nc2scc(-c3ccccc3F)c2c(=O)[nH]1)CC(O)COCC(C)C. The van der Waals surface area contributed by atoms with Gasteiger partial charge in [-0.3, -0.25) is 9.69 Å². The van der Waals surface area contributed by atoms with Crippen LogP contribution in [0.2, 0.25) is 0 Å². The lowest BCUT2D eigenvalue weighted by Gasteiger charge is -2.24. The molecule has 1 unspecified atom stereocenters. The van der Waals surface area contributed by atoms with Gasteiger partial charge in [-0.25, -0.2) is 9.37 Å². The van der Waals surface area contributed by atoms with Crippen LogP contribution in [0.1, 0.15) is 33.0 Å². The number of H-pyrrole nitrogens is 1. The molecule has 1 atom stereocenters. The molecule has 0 saturated carbocycles. The summed E-state index contributed by atoms with van der Waals surface area (Å²) >= 11 is 1.33. The number of nitrogens with one attached hydrogen (secondary N) is 1. The summed E-state index contributed by atoms with van der Waals surface area (Å²) in [5.41, 5.74) is 0.671. The number of hydrogen-bond donors (Lipinski definition) is 2. The summed E-state index contributed by atoms with van der Waals surface area (Å²) in [5, 5.41) is 12.5. The molecule has 0 fully saturated rings. The first-order chi connectivity index (χ1) is 14.9. The molecular formula is C23H30FN3O3S. The van der Waals surface area contributed by atoms with Crippen LogP contribution in [0, 0.1) is 11.7 Å². The molecule has 0 aliphatic heterocycles. The van der Waals surface area contributed by atoms with E-state index in [0.717, 1.165) is 13.0 Å². The Morgan fingerprint density at radius 2 is 2.03 bits per heavy atom. The highest BCUT2D eigenvalue weighted by Gasteiger charge is 2.18. The Morgan fingerprint density at radius 1 is 1.26 bits per heavy atom. The molecule has 0 aliphatic carbocycles. The zero-order chi connectivity index (χ0) is 22.4. The number of ether oxygens (including phenoxy) is 1. The van der Waals surface area contributed by atoms with Gasteiger partial charge in [-0.05, 0) is 24.9 Å². The minimum atomic E-state index is -0.616. The lowest BCUT2D eigenvalue weighted by molar-refractivity contribution is 0.00657. The van der Waals surface area contributed by atoms with Crippen LogP contribution in [0.4, 0.5) is 4.39 Å². The Labute approximate surface area is 185 Å². The fourth-order valence-electron chi connectivity index (χ4n) is 3.50. The van der Waals surface area contributed by atoms with E-state index in [1.54, 1.807) is 23.6 Å². The molecule has 0 saturated heterocycles. The molecule has 0 amide bonds. The number of aromatic nitrogens is 2. The van der Waals surface area contributed by atoms with Crippen LogP contribution in [-0.2, 0) is 11.3 Å². The average Bonchev–Trinajstić information content (AvgIpc) is 3.12. The van der Waals surface area contributed by atoms with Crippen LogP contribution in [0.15, 0.2) is 34.4 Å². The standard InChI is InChI=1S/C23H30FN3O3S/c1-4-9-27(10-16(28)13-30-12-15(2)3)11-20-25-22(29)21-18(14-31-23(21)26-20)17-7-5-6-8-19(17)24/h5-8,14-16,28H,4,9-13H2,1-3H3,(H,25,26,29). The molecule has 3 rings (SSSR count). The van der Waals surface area contributed by atoms with E-state index >= 15 is 0 Å². The third-order valence-corrected chi connectivity index (χ3v) is 5.67. The van der Waals surface area contributed by atoms with Gasteiger partial charge in [-0.2, -0.15) is 0 Å². The predicted octanol–water partition coefficient (Wildman–Crippen LogP) is 4.04. The van der Waals surface area contributed by atoms with Crippen LogP contribution in [0.5, 0.6) is 0 Å². The number of nitrogens with zero attached hydrogens (tertiary/aromatic N) is 2. The van der Waals surface area contributed by atoms with Crippen LogP contribution >= 0.6 is 11.3 Å². The number of fused-ring (bicyclic) bond motifs is 1. The Kier molecular flexibility index (Phi) is 8.31. The summed E-state index contributed by atoms with van der Waals surface area (Å²) in [6, 6.07) is 6.42. The highest BCUT2D eigenvalue weighted by Crippen LogP contribution is 2.32. The molecule has 2 aromatic heterocycles. The van der Waals surface area contributed by atoms with Gasteiger partial charge >= 0.3 is 0 Å². The number of thiophene rings is 1. The third-order valence-electron chi connectivity index (χ3n) is 4.80. The van der Waals surface area contributed by atoms with Crippen molar-refractivity contribution < 1.29 is 14.2 Å². The molecule has 2 heterocycles. The molecule has 3 aromatic rings. The van der Waals surface area contributed by atoms with Crippen LogP contribution < -0.4 is 5.56 Å². The predicted molar refractivity (Wildman–Crippen MR) is 123 cm³/mol. The van der Waals surface area contributed by atoms with Gasteiger partial charge in [-0.1, -0.05) is 39.0 Å². The zero-order valence-electron chi connectivity index (χ0n) is 18.2. The summed E-state index contributed by atoms with van der Waals surface area (Å²) in [4.78, 5) is 22.9. The first-order valence-electron chi connectivity index (χ1n) is 10.6. The molecule has 31 heavy (non-hydrogen) atoms. The highest BCUT2D eigenvalue weighted by molar-refractivity contribution is 7.17. The van der Waals surface area contributed by atoms with Gasteiger partial charge in [0.2, 0.25) is 0 Å². The van der Waals surface area contributed by atoms with Gasteiger partial charge in [-0.15, -0.1) is 11.3 Å².